The number of carbonyl (C=O) groups excluding carboxylic acids is 1. The first-order valence-corrected chi connectivity index (χ1v) is 5.64. The minimum absolute atomic E-state index is 0.150. The molecular weight excluding hydrogens is 212 g/mol. The molecule has 5 nitrogen and oxygen atoms in total. The predicted octanol–water partition coefficient (Wildman–Crippen LogP) is 0.188. The normalized spacial score (nSPS) is 15.9. The van der Waals surface area contributed by atoms with Crippen LogP contribution in [0.25, 0.3) is 0 Å². The molecule has 80 valence electrons. The maximum atomic E-state index is 11.5. The Labute approximate surface area is 91.7 Å². The molecule has 0 spiro atoms. The summed E-state index contributed by atoms with van der Waals surface area (Å²) in [4.78, 5) is 11.5. The number of amides is 1. The molecule has 1 aliphatic rings. The summed E-state index contributed by atoms with van der Waals surface area (Å²) in [6.07, 6.45) is 3.11. The number of rotatable bonds is 3. The van der Waals surface area contributed by atoms with Crippen LogP contribution in [0.2, 0.25) is 0 Å². The van der Waals surface area contributed by atoms with E-state index in [4.69, 9.17) is 0 Å². The maximum Gasteiger partial charge on any atom is 0.272 e. The van der Waals surface area contributed by atoms with Crippen molar-refractivity contribution in [3.05, 3.63) is 22.7 Å². The first kappa shape index (κ1) is 10.3. The zero-order valence-electron chi connectivity index (χ0n) is 8.19. The molecule has 1 aliphatic heterocycles. The van der Waals surface area contributed by atoms with Crippen LogP contribution >= 0.6 is 11.5 Å². The van der Waals surface area contributed by atoms with E-state index in [-0.39, 0.29) is 5.91 Å². The molecular formula is C9H12N4OS. The zero-order chi connectivity index (χ0) is 10.5. The molecule has 6 heteroatoms. The van der Waals surface area contributed by atoms with E-state index >= 15 is 0 Å². The van der Waals surface area contributed by atoms with Crippen LogP contribution in [0.4, 0.5) is 0 Å². The molecule has 0 atom stereocenters. The van der Waals surface area contributed by atoms with Crippen molar-refractivity contribution in [3.63, 3.8) is 0 Å². The zero-order valence-corrected chi connectivity index (χ0v) is 9.01. The SMILES string of the molecule is O=C(NCC1=CCNCC1)c1csnn1. The molecule has 0 unspecified atom stereocenters. The van der Waals surface area contributed by atoms with E-state index in [1.807, 2.05) is 0 Å². The minimum atomic E-state index is -0.150. The van der Waals surface area contributed by atoms with Crippen molar-refractivity contribution in [3.8, 4) is 0 Å². The third kappa shape index (κ3) is 2.84. The minimum Gasteiger partial charge on any atom is -0.347 e. The average molecular weight is 224 g/mol. The third-order valence-electron chi connectivity index (χ3n) is 2.23. The van der Waals surface area contributed by atoms with E-state index in [1.165, 1.54) is 17.1 Å². The lowest BCUT2D eigenvalue weighted by Gasteiger charge is -2.13. The van der Waals surface area contributed by atoms with Crippen LogP contribution in [0, 0.1) is 0 Å². The summed E-state index contributed by atoms with van der Waals surface area (Å²) in [5.41, 5.74) is 1.67. The van der Waals surface area contributed by atoms with Crippen molar-refractivity contribution in [1.29, 1.82) is 0 Å². The fraction of sp³-hybridized carbons (Fsp3) is 0.444. The Kier molecular flexibility index (Phi) is 3.41. The number of nitrogens with zero attached hydrogens (tertiary/aromatic N) is 2. The van der Waals surface area contributed by atoms with Gasteiger partial charge in [0, 0.05) is 18.5 Å². The Bertz CT molecular complexity index is 360. The molecule has 2 heterocycles. The standard InChI is InChI=1S/C9H12N4OS/c14-9(8-6-15-13-12-8)11-5-7-1-3-10-4-2-7/h1,6,10H,2-5H2,(H,11,14). The van der Waals surface area contributed by atoms with Crippen LogP contribution in [0.3, 0.4) is 0 Å². The molecule has 0 bridgehead atoms. The first-order chi connectivity index (χ1) is 7.36. The van der Waals surface area contributed by atoms with E-state index in [9.17, 15) is 4.79 Å². The fourth-order valence-corrected chi connectivity index (χ4v) is 1.81. The molecule has 0 aromatic carbocycles. The number of hydrogen-bond donors (Lipinski definition) is 2. The molecule has 15 heavy (non-hydrogen) atoms. The Morgan fingerprint density at radius 1 is 1.67 bits per heavy atom. The molecule has 2 N–H and O–H groups in total. The predicted molar refractivity (Wildman–Crippen MR) is 57.8 cm³/mol. The Hall–Kier alpha value is -1.27. The van der Waals surface area contributed by atoms with Gasteiger partial charge in [-0.2, -0.15) is 0 Å². The number of aromatic nitrogens is 2. The van der Waals surface area contributed by atoms with Crippen LogP contribution in [0.5, 0.6) is 0 Å². The van der Waals surface area contributed by atoms with Crippen molar-refractivity contribution < 1.29 is 4.79 Å². The lowest BCUT2D eigenvalue weighted by Crippen LogP contribution is -2.29. The van der Waals surface area contributed by atoms with Crippen LogP contribution in [-0.4, -0.2) is 35.1 Å². The molecule has 0 radical (unpaired) electrons. The number of hydrogen-bond acceptors (Lipinski definition) is 5. The molecule has 0 saturated heterocycles. The van der Waals surface area contributed by atoms with Gasteiger partial charge >= 0.3 is 0 Å². The van der Waals surface area contributed by atoms with Gasteiger partial charge in [0.05, 0.1) is 0 Å². The summed E-state index contributed by atoms with van der Waals surface area (Å²) in [5.74, 6) is -0.150. The second-order valence-electron chi connectivity index (χ2n) is 3.29. The highest BCUT2D eigenvalue weighted by atomic mass is 32.1. The Morgan fingerprint density at radius 2 is 2.60 bits per heavy atom. The van der Waals surface area contributed by atoms with Crippen LogP contribution < -0.4 is 10.6 Å². The molecule has 2 rings (SSSR count). The molecule has 0 aliphatic carbocycles. The quantitative estimate of drug-likeness (QED) is 0.719. The van der Waals surface area contributed by atoms with Crippen molar-refractivity contribution in [1.82, 2.24) is 20.2 Å². The van der Waals surface area contributed by atoms with Crippen LogP contribution in [0.15, 0.2) is 17.0 Å². The van der Waals surface area contributed by atoms with Gasteiger partial charge in [-0.05, 0) is 24.5 Å². The van der Waals surface area contributed by atoms with Crippen LogP contribution in [-0.2, 0) is 0 Å². The first-order valence-electron chi connectivity index (χ1n) is 4.80. The average Bonchev–Trinajstić information content (AvgIpc) is 2.81. The number of carbonyl (C=O) groups is 1. The fourth-order valence-electron chi connectivity index (χ4n) is 1.38. The number of nitrogens with one attached hydrogen (secondary N) is 2. The van der Waals surface area contributed by atoms with Gasteiger partial charge < -0.3 is 10.6 Å². The summed E-state index contributed by atoms with van der Waals surface area (Å²) >= 11 is 1.18. The Balaban J connectivity index is 1.83. The largest absolute Gasteiger partial charge is 0.347 e. The monoisotopic (exact) mass is 224 g/mol. The summed E-state index contributed by atoms with van der Waals surface area (Å²) in [6, 6.07) is 0. The molecule has 0 saturated carbocycles. The highest BCUT2D eigenvalue weighted by molar-refractivity contribution is 7.03. The summed E-state index contributed by atoms with van der Waals surface area (Å²) in [6.45, 7) is 2.49. The van der Waals surface area contributed by atoms with E-state index in [2.05, 4.69) is 26.3 Å². The van der Waals surface area contributed by atoms with Gasteiger partial charge in [-0.1, -0.05) is 16.1 Å². The van der Waals surface area contributed by atoms with Gasteiger partial charge in [0.25, 0.3) is 5.91 Å². The maximum absolute atomic E-state index is 11.5. The van der Waals surface area contributed by atoms with Gasteiger partial charge in [0.2, 0.25) is 0 Å². The van der Waals surface area contributed by atoms with Gasteiger partial charge in [-0.15, -0.1) is 5.10 Å². The van der Waals surface area contributed by atoms with Gasteiger partial charge in [0.15, 0.2) is 5.69 Å². The smallest absolute Gasteiger partial charge is 0.272 e. The molecule has 1 amide bonds. The molecule has 0 fully saturated rings. The van der Waals surface area contributed by atoms with Crippen molar-refractivity contribution in [2.75, 3.05) is 19.6 Å². The van der Waals surface area contributed by atoms with E-state index in [1.54, 1.807) is 5.38 Å². The lowest BCUT2D eigenvalue weighted by atomic mass is 10.1. The second-order valence-corrected chi connectivity index (χ2v) is 3.90. The highest BCUT2D eigenvalue weighted by Crippen LogP contribution is 2.03. The van der Waals surface area contributed by atoms with Crippen molar-refractivity contribution >= 4 is 17.4 Å². The highest BCUT2D eigenvalue weighted by Gasteiger charge is 2.09. The topological polar surface area (TPSA) is 66.9 Å². The molecule has 1 aromatic rings. The van der Waals surface area contributed by atoms with E-state index in [0.717, 1.165) is 19.5 Å². The van der Waals surface area contributed by atoms with Gasteiger partial charge in [0.1, 0.15) is 0 Å². The van der Waals surface area contributed by atoms with Gasteiger partial charge in [-0.3, -0.25) is 4.79 Å². The summed E-state index contributed by atoms with van der Waals surface area (Å²) < 4.78 is 3.64. The lowest BCUT2D eigenvalue weighted by molar-refractivity contribution is 0.0951. The molecule has 1 aromatic heterocycles. The van der Waals surface area contributed by atoms with Crippen molar-refractivity contribution in [2.24, 2.45) is 0 Å². The van der Waals surface area contributed by atoms with Crippen LogP contribution in [0.1, 0.15) is 16.9 Å². The van der Waals surface area contributed by atoms with Gasteiger partial charge in [-0.25, -0.2) is 0 Å². The third-order valence-corrected chi connectivity index (χ3v) is 2.73. The summed E-state index contributed by atoms with van der Waals surface area (Å²) in [7, 11) is 0. The van der Waals surface area contributed by atoms with Crippen molar-refractivity contribution in [2.45, 2.75) is 6.42 Å². The van der Waals surface area contributed by atoms with E-state index in [0.29, 0.717) is 12.2 Å². The Morgan fingerprint density at radius 3 is 3.27 bits per heavy atom. The second kappa shape index (κ2) is 4.99. The van der Waals surface area contributed by atoms with E-state index < -0.39 is 0 Å². The summed E-state index contributed by atoms with van der Waals surface area (Å²) in [5, 5.41) is 11.4.